The van der Waals surface area contributed by atoms with Crippen molar-refractivity contribution in [1.29, 1.82) is 0 Å². The van der Waals surface area contributed by atoms with E-state index in [0.29, 0.717) is 10.9 Å². The van der Waals surface area contributed by atoms with Gasteiger partial charge in [-0.25, -0.2) is 9.18 Å². The highest BCUT2D eigenvalue weighted by atomic mass is 19.4. The van der Waals surface area contributed by atoms with Gasteiger partial charge in [-0.15, -0.1) is 0 Å². The number of aromatic carboxylic acids is 1. The average molecular weight is 368 g/mol. The smallest absolute Gasteiger partial charge is 0.433 e. The Morgan fingerprint density at radius 2 is 2.20 bits per heavy atom. The second-order valence-electron chi connectivity index (χ2n) is 6.44. The molecule has 0 radical (unpaired) electrons. The molecule has 0 saturated heterocycles. The van der Waals surface area contributed by atoms with Crippen LogP contribution in [-0.4, -0.2) is 45.0 Å². The molecular formula is C15H20F4N2O4. The van der Waals surface area contributed by atoms with Gasteiger partial charge < -0.3 is 14.9 Å². The molecule has 4 atom stereocenters. The lowest BCUT2D eigenvalue weighted by Gasteiger charge is -2.42. The quantitative estimate of drug-likeness (QED) is 0.617. The van der Waals surface area contributed by atoms with Crippen molar-refractivity contribution in [3.63, 3.8) is 0 Å². The molecule has 1 heterocycles. The number of hydrogen-bond donors (Lipinski definition) is 2. The van der Waals surface area contributed by atoms with Crippen LogP contribution < -0.4 is 0 Å². The predicted octanol–water partition coefficient (Wildman–Crippen LogP) is 3.02. The van der Waals surface area contributed by atoms with Gasteiger partial charge in [-0.1, -0.05) is 6.92 Å². The number of aliphatic hydroxyl groups excluding tert-OH is 1. The van der Waals surface area contributed by atoms with Gasteiger partial charge in [0.1, 0.15) is 11.7 Å². The zero-order valence-corrected chi connectivity index (χ0v) is 13.8. The second-order valence-corrected chi connectivity index (χ2v) is 6.44. The third kappa shape index (κ3) is 3.79. The van der Waals surface area contributed by atoms with Gasteiger partial charge in [0.05, 0.1) is 12.2 Å². The van der Waals surface area contributed by atoms with Gasteiger partial charge in [0.2, 0.25) is 0 Å². The number of rotatable bonds is 5. The summed E-state index contributed by atoms with van der Waals surface area (Å²) in [6.07, 6.45) is -7.42. The topological polar surface area (TPSA) is 84.6 Å². The SMILES string of the molecule is CCOC(O)[C@]1(C)CC[C@@H](n2ncc(C(=O)O)c2C(F)(F)F)[C@@H](F)C1. The second kappa shape index (κ2) is 6.91. The molecule has 0 spiro atoms. The Hall–Kier alpha value is -1.68. The first-order valence-electron chi connectivity index (χ1n) is 7.83. The summed E-state index contributed by atoms with van der Waals surface area (Å²) < 4.78 is 60.0. The highest BCUT2D eigenvalue weighted by molar-refractivity contribution is 5.88. The fraction of sp³-hybridized carbons (Fsp3) is 0.733. The largest absolute Gasteiger partial charge is 0.478 e. The Bertz CT molecular complexity index is 634. The fourth-order valence-electron chi connectivity index (χ4n) is 3.25. The molecule has 142 valence electrons. The molecule has 25 heavy (non-hydrogen) atoms. The van der Waals surface area contributed by atoms with Crippen LogP contribution in [0.25, 0.3) is 0 Å². The minimum atomic E-state index is -4.98. The molecule has 2 rings (SSSR count). The van der Waals surface area contributed by atoms with Gasteiger partial charge in [-0.05, 0) is 26.2 Å². The molecule has 6 nitrogen and oxygen atoms in total. The Balaban J connectivity index is 2.32. The fourth-order valence-corrected chi connectivity index (χ4v) is 3.25. The van der Waals surface area contributed by atoms with Gasteiger partial charge in [0, 0.05) is 12.0 Å². The number of carboxylic acids is 1. The van der Waals surface area contributed by atoms with E-state index < -0.39 is 47.3 Å². The van der Waals surface area contributed by atoms with E-state index in [4.69, 9.17) is 9.84 Å². The Morgan fingerprint density at radius 3 is 2.68 bits per heavy atom. The lowest BCUT2D eigenvalue weighted by Crippen LogP contribution is -2.43. The van der Waals surface area contributed by atoms with Crippen LogP contribution in [0.4, 0.5) is 17.6 Å². The summed E-state index contributed by atoms with van der Waals surface area (Å²) in [5.41, 5.74) is -3.42. The van der Waals surface area contributed by atoms with Crippen LogP contribution in [0.15, 0.2) is 6.20 Å². The summed E-state index contributed by atoms with van der Waals surface area (Å²) in [6.45, 7) is 3.49. The molecule has 0 aliphatic heterocycles. The van der Waals surface area contributed by atoms with Crippen molar-refractivity contribution in [1.82, 2.24) is 9.78 Å². The summed E-state index contributed by atoms with van der Waals surface area (Å²) >= 11 is 0. The molecule has 2 N–H and O–H groups in total. The van der Waals surface area contributed by atoms with Crippen LogP contribution in [0.2, 0.25) is 0 Å². The first kappa shape index (κ1) is 19.6. The Labute approximate surface area is 141 Å². The van der Waals surface area contributed by atoms with Gasteiger partial charge in [0.25, 0.3) is 0 Å². The number of nitrogens with zero attached hydrogens (tertiary/aromatic N) is 2. The normalized spacial score (nSPS) is 28.8. The van der Waals surface area contributed by atoms with E-state index >= 15 is 0 Å². The molecule has 1 fully saturated rings. The maximum absolute atomic E-state index is 14.7. The van der Waals surface area contributed by atoms with Crippen molar-refractivity contribution < 1.29 is 37.3 Å². The van der Waals surface area contributed by atoms with Crippen LogP contribution in [0.3, 0.4) is 0 Å². The molecule has 0 aromatic carbocycles. The number of hydrogen-bond acceptors (Lipinski definition) is 4. The van der Waals surface area contributed by atoms with Gasteiger partial charge in [-0.3, -0.25) is 4.68 Å². The lowest BCUT2D eigenvalue weighted by molar-refractivity contribution is -0.187. The van der Waals surface area contributed by atoms with Crippen molar-refractivity contribution in [2.45, 2.75) is 57.8 Å². The number of carbonyl (C=O) groups is 1. The zero-order valence-electron chi connectivity index (χ0n) is 13.8. The maximum Gasteiger partial charge on any atom is 0.433 e. The zero-order chi connectivity index (χ0) is 19.0. The van der Waals surface area contributed by atoms with Crippen molar-refractivity contribution in [3.05, 3.63) is 17.5 Å². The van der Waals surface area contributed by atoms with E-state index in [0.717, 1.165) is 0 Å². The standard InChI is InChI=1S/C15H20F4N2O4/c1-3-25-13(24)14(2)5-4-10(9(16)6-14)21-11(15(17,18)19)8(7-20-21)12(22)23/h7,9-10,13,24H,3-6H2,1-2H3,(H,22,23)/t9-,10+,13?,14+/m0/s1. The molecule has 1 aliphatic rings. The highest BCUT2D eigenvalue weighted by Crippen LogP contribution is 2.46. The lowest BCUT2D eigenvalue weighted by atomic mass is 9.72. The molecule has 1 unspecified atom stereocenters. The van der Waals surface area contributed by atoms with E-state index in [2.05, 4.69) is 5.10 Å². The molecule has 0 bridgehead atoms. The van der Waals surface area contributed by atoms with E-state index in [1.165, 1.54) is 0 Å². The summed E-state index contributed by atoms with van der Waals surface area (Å²) in [5.74, 6) is -1.78. The third-order valence-electron chi connectivity index (χ3n) is 4.62. The molecule has 1 saturated carbocycles. The molecule has 10 heteroatoms. The van der Waals surface area contributed by atoms with Crippen LogP contribution in [-0.2, 0) is 10.9 Å². The van der Waals surface area contributed by atoms with Crippen molar-refractivity contribution in [3.8, 4) is 0 Å². The van der Waals surface area contributed by atoms with Crippen LogP contribution in [0.1, 0.15) is 55.2 Å². The summed E-state index contributed by atoms with van der Waals surface area (Å²) in [7, 11) is 0. The van der Waals surface area contributed by atoms with Crippen LogP contribution >= 0.6 is 0 Å². The van der Waals surface area contributed by atoms with Crippen molar-refractivity contribution in [2.24, 2.45) is 5.41 Å². The van der Waals surface area contributed by atoms with Gasteiger partial charge >= 0.3 is 12.1 Å². The summed E-state index contributed by atoms with van der Waals surface area (Å²) in [4.78, 5) is 11.0. The summed E-state index contributed by atoms with van der Waals surface area (Å²) in [5, 5.41) is 22.4. The average Bonchev–Trinajstić information content (AvgIpc) is 2.92. The summed E-state index contributed by atoms with van der Waals surface area (Å²) in [6, 6.07) is -1.26. The number of halogens is 4. The first-order valence-corrected chi connectivity index (χ1v) is 7.83. The minimum Gasteiger partial charge on any atom is -0.478 e. The van der Waals surface area contributed by atoms with Crippen molar-refractivity contribution >= 4 is 5.97 Å². The molecule has 1 aliphatic carbocycles. The van der Waals surface area contributed by atoms with Gasteiger partial charge in [0.15, 0.2) is 12.0 Å². The van der Waals surface area contributed by atoms with E-state index in [1.807, 2.05) is 0 Å². The number of carboxylic acid groups (broad SMARTS) is 1. The predicted molar refractivity (Wildman–Crippen MR) is 77.7 cm³/mol. The molecular weight excluding hydrogens is 348 g/mol. The Morgan fingerprint density at radius 1 is 1.56 bits per heavy atom. The van der Waals surface area contributed by atoms with E-state index in [9.17, 15) is 27.5 Å². The van der Waals surface area contributed by atoms with Crippen molar-refractivity contribution in [2.75, 3.05) is 6.61 Å². The third-order valence-corrected chi connectivity index (χ3v) is 4.62. The highest BCUT2D eigenvalue weighted by Gasteiger charge is 2.48. The number of ether oxygens (including phenoxy) is 1. The van der Waals surface area contributed by atoms with E-state index in [-0.39, 0.29) is 25.9 Å². The number of aromatic nitrogens is 2. The first-order chi connectivity index (χ1) is 11.5. The van der Waals surface area contributed by atoms with Crippen LogP contribution in [0.5, 0.6) is 0 Å². The monoisotopic (exact) mass is 368 g/mol. The minimum absolute atomic E-state index is 0.0361. The van der Waals surface area contributed by atoms with E-state index in [1.54, 1.807) is 13.8 Å². The molecule has 1 aromatic heterocycles. The van der Waals surface area contributed by atoms with Crippen LogP contribution in [0, 0.1) is 5.41 Å². The van der Waals surface area contributed by atoms with Gasteiger partial charge in [-0.2, -0.15) is 18.3 Å². The maximum atomic E-state index is 14.7. The number of aliphatic hydroxyl groups is 1. The number of alkyl halides is 4. The molecule has 0 amide bonds. The Kier molecular flexibility index (Phi) is 5.43. The molecule has 1 aromatic rings.